The lowest BCUT2D eigenvalue weighted by atomic mass is 10.1. The molecule has 0 bridgehead atoms. The summed E-state index contributed by atoms with van der Waals surface area (Å²) in [5, 5.41) is 0.337. The summed E-state index contributed by atoms with van der Waals surface area (Å²) in [6.45, 7) is 6.40. The molecule has 4 heterocycles. The van der Waals surface area contributed by atoms with Gasteiger partial charge in [-0.2, -0.15) is 0 Å². The Morgan fingerprint density at radius 3 is 2.63 bits per heavy atom. The summed E-state index contributed by atoms with van der Waals surface area (Å²) >= 11 is 1.25. The third-order valence-electron chi connectivity index (χ3n) is 7.08. The van der Waals surface area contributed by atoms with Crippen LogP contribution in [0.2, 0.25) is 0 Å². The monoisotopic (exact) mass is 603 g/mol. The van der Waals surface area contributed by atoms with Gasteiger partial charge in [0.1, 0.15) is 29.2 Å². The van der Waals surface area contributed by atoms with Gasteiger partial charge in [0.15, 0.2) is 0 Å². The fourth-order valence-corrected chi connectivity index (χ4v) is 7.78. The van der Waals surface area contributed by atoms with Crippen LogP contribution in [0.25, 0.3) is 21.0 Å². The van der Waals surface area contributed by atoms with Crippen LogP contribution in [0.3, 0.4) is 0 Å². The van der Waals surface area contributed by atoms with Crippen molar-refractivity contribution in [1.82, 2.24) is 14.1 Å². The number of hydrogen-bond acceptors (Lipinski definition) is 10. The van der Waals surface area contributed by atoms with E-state index in [-0.39, 0.29) is 25.5 Å². The first-order valence-corrected chi connectivity index (χ1v) is 16.5. The van der Waals surface area contributed by atoms with E-state index in [2.05, 4.69) is 4.98 Å². The Balaban J connectivity index is 1.71. The number of hydrogen-bond donors (Lipinski definition) is 0. The van der Waals surface area contributed by atoms with Crippen molar-refractivity contribution in [2.45, 2.75) is 51.7 Å². The smallest absolute Gasteiger partial charge is 0.332 e. The molecule has 1 aromatic carbocycles. The zero-order valence-corrected chi connectivity index (χ0v) is 25.2. The number of aryl methyl sites for hydroxylation is 1. The Kier molecular flexibility index (Phi) is 8.96. The largest absolute Gasteiger partial charge is 0.496 e. The number of methoxy groups -OCH3 is 1. The average Bonchev–Trinajstić information content (AvgIpc) is 3.61. The van der Waals surface area contributed by atoms with E-state index in [1.807, 2.05) is 24.3 Å². The molecule has 1 fully saturated rings. The molecular formula is C28H34N3O8PS. The van der Waals surface area contributed by atoms with Gasteiger partial charge in [0.2, 0.25) is 13.3 Å². The molecule has 1 aliphatic rings. The van der Waals surface area contributed by atoms with Gasteiger partial charge in [0.25, 0.3) is 5.56 Å². The number of para-hydroxylation sites is 1. The Bertz CT molecular complexity index is 1670. The predicted octanol–water partition coefficient (Wildman–Crippen LogP) is 5.04. The Morgan fingerprint density at radius 2 is 1.95 bits per heavy atom. The standard InChI is InChI=1S/C28H34N3O8PS/c1-5-38-40(4,34)17-31-26(32)23-18(2)24(25-29-12-15-37-25)41-27(23)30(28(31)33)16-22(39-19-10-13-36-14-11-19)20-8-6-7-9-21(20)35-3/h6-9,12,15,19,22H,5,10-11,13-14,16-17H2,1-4H3/t22-,40?/m0/s1. The predicted molar refractivity (Wildman–Crippen MR) is 156 cm³/mol. The van der Waals surface area contributed by atoms with E-state index in [0.717, 1.165) is 23.0 Å². The molecule has 13 heteroatoms. The first-order valence-electron chi connectivity index (χ1n) is 13.5. The van der Waals surface area contributed by atoms with Gasteiger partial charge in [-0.3, -0.25) is 13.9 Å². The maximum absolute atomic E-state index is 14.1. The summed E-state index contributed by atoms with van der Waals surface area (Å²) in [6.07, 6.45) is 3.40. The normalized spacial score (nSPS) is 16.6. The third kappa shape index (κ3) is 6.12. The zero-order chi connectivity index (χ0) is 29.1. The van der Waals surface area contributed by atoms with Crippen LogP contribution in [-0.4, -0.2) is 53.8 Å². The van der Waals surface area contributed by atoms with Crippen molar-refractivity contribution in [3.05, 3.63) is 68.7 Å². The number of benzene rings is 1. The van der Waals surface area contributed by atoms with Gasteiger partial charge >= 0.3 is 5.69 Å². The minimum absolute atomic E-state index is 0.0843. The highest BCUT2D eigenvalue weighted by Gasteiger charge is 2.29. The summed E-state index contributed by atoms with van der Waals surface area (Å²) in [4.78, 5) is 33.3. The van der Waals surface area contributed by atoms with Crippen LogP contribution >= 0.6 is 18.7 Å². The molecule has 1 unspecified atom stereocenters. The first-order chi connectivity index (χ1) is 19.7. The lowest BCUT2D eigenvalue weighted by molar-refractivity contribution is -0.0753. The second-order valence-corrected chi connectivity index (χ2v) is 13.5. The summed E-state index contributed by atoms with van der Waals surface area (Å²) < 4.78 is 44.6. The van der Waals surface area contributed by atoms with Crippen molar-refractivity contribution in [1.29, 1.82) is 0 Å². The molecule has 1 aliphatic heterocycles. The molecule has 0 N–H and O–H groups in total. The minimum Gasteiger partial charge on any atom is -0.496 e. The Hall–Kier alpha value is -3.02. The van der Waals surface area contributed by atoms with Crippen LogP contribution in [0.5, 0.6) is 5.75 Å². The van der Waals surface area contributed by atoms with E-state index in [1.54, 1.807) is 21.0 Å². The fraction of sp³-hybridized carbons (Fsp3) is 0.464. The Labute approximate surface area is 241 Å². The van der Waals surface area contributed by atoms with Crippen LogP contribution in [0, 0.1) is 6.92 Å². The highest BCUT2D eigenvalue weighted by molar-refractivity contribution is 7.57. The van der Waals surface area contributed by atoms with Crippen LogP contribution in [-0.2, 0) is 31.4 Å². The molecule has 0 spiro atoms. The van der Waals surface area contributed by atoms with E-state index in [0.29, 0.717) is 45.5 Å². The van der Waals surface area contributed by atoms with Crippen molar-refractivity contribution in [3.63, 3.8) is 0 Å². The summed E-state index contributed by atoms with van der Waals surface area (Å²) in [5.41, 5.74) is 0.270. The van der Waals surface area contributed by atoms with Gasteiger partial charge in [-0.05, 0) is 38.3 Å². The topological polar surface area (TPSA) is 124 Å². The van der Waals surface area contributed by atoms with Crippen molar-refractivity contribution in [2.24, 2.45) is 0 Å². The van der Waals surface area contributed by atoms with Crippen LogP contribution in [0.15, 0.2) is 50.7 Å². The van der Waals surface area contributed by atoms with E-state index < -0.39 is 24.7 Å². The highest BCUT2D eigenvalue weighted by atomic mass is 32.1. The van der Waals surface area contributed by atoms with Crippen LogP contribution < -0.4 is 16.0 Å². The first kappa shape index (κ1) is 29.5. The second-order valence-electron chi connectivity index (χ2n) is 9.95. The molecule has 41 heavy (non-hydrogen) atoms. The number of aromatic nitrogens is 3. The highest BCUT2D eigenvalue weighted by Crippen LogP contribution is 2.44. The molecule has 2 atom stereocenters. The summed E-state index contributed by atoms with van der Waals surface area (Å²) in [6, 6.07) is 7.52. The van der Waals surface area contributed by atoms with Gasteiger partial charge in [0.05, 0.1) is 42.8 Å². The van der Waals surface area contributed by atoms with E-state index in [1.165, 1.54) is 35.0 Å². The third-order valence-corrected chi connectivity index (χ3v) is 9.98. The van der Waals surface area contributed by atoms with Crippen molar-refractivity contribution in [2.75, 3.05) is 33.6 Å². The van der Waals surface area contributed by atoms with Gasteiger partial charge in [0, 0.05) is 25.4 Å². The maximum atomic E-state index is 14.1. The summed E-state index contributed by atoms with van der Waals surface area (Å²) in [7, 11) is -1.71. The van der Waals surface area contributed by atoms with E-state index in [9.17, 15) is 14.2 Å². The lowest BCUT2D eigenvalue weighted by Crippen LogP contribution is -2.41. The quantitative estimate of drug-likeness (QED) is 0.217. The molecule has 0 aliphatic carbocycles. The minimum atomic E-state index is -3.30. The lowest BCUT2D eigenvalue weighted by Gasteiger charge is -2.29. The van der Waals surface area contributed by atoms with Gasteiger partial charge in [-0.25, -0.2) is 14.3 Å². The fourth-order valence-electron chi connectivity index (χ4n) is 5.15. The molecule has 0 amide bonds. The van der Waals surface area contributed by atoms with Gasteiger partial charge in [-0.15, -0.1) is 11.3 Å². The molecule has 11 nitrogen and oxygen atoms in total. The maximum Gasteiger partial charge on any atom is 0.332 e. The number of rotatable bonds is 11. The molecule has 0 radical (unpaired) electrons. The molecule has 0 saturated carbocycles. The molecule has 220 valence electrons. The Morgan fingerprint density at radius 1 is 1.20 bits per heavy atom. The van der Waals surface area contributed by atoms with Crippen LogP contribution in [0.1, 0.15) is 37.0 Å². The van der Waals surface area contributed by atoms with Gasteiger partial charge < -0.3 is 23.2 Å². The van der Waals surface area contributed by atoms with E-state index >= 15 is 0 Å². The summed E-state index contributed by atoms with van der Waals surface area (Å²) in [5.74, 6) is 0.975. The molecule has 1 saturated heterocycles. The van der Waals surface area contributed by atoms with Crippen molar-refractivity contribution in [3.8, 4) is 16.5 Å². The molecule has 4 aromatic rings. The number of thiophene rings is 1. The zero-order valence-electron chi connectivity index (χ0n) is 23.5. The number of fused-ring (bicyclic) bond motifs is 1. The molecule has 5 rings (SSSR count). The van der Waals surface area contributed by atoms with Crippen LogP contribution in [0.4, 0.5) is 0 Å². The van der Waals surface area contributed by atoms with Crippen molar-refractivity contribution >= 4 is 28.9 Å². The number of ether oxygens (including phenoxy) is 3. The number of nitrogens with zero attached hydrogens (tertiary/aromatic N) is 3. The average molecular weight is 604 g/mol. The molecular weight excluding hydrogens is 569 g/mol. The van der Waals surface area contributed by atoms with E-state index in [4.69, 9.17) is 23.2 Å². The van der Waals surface area contributed by atoms with Gasteiger partial charge in [-0.1, -0.05) is 18.2 Å². The van der Waals surface area contributed by atoms with Crippen molar-refractivity contribution < 1.29 is 27.7 Å². The SMILES string of the molecule is CCOP(C)(=O)Cn1c(=O)c2c(C)c(-c3ncco3)sc2n(C[C@H](OC2CCOCC2)c2ccccc2OC)c1=O. The number of oxazole rings is 1. The second kappa shape index (κ2) is 12.5. The molecule has 3 aromatic heterocycles.